The van der Waals surface area contributed by atoms with Gasteiger partial charge in [-0.25, -0.2) is 9.97 Å². The Hall–Kier alpha value is -1.62. The third kappa shape index (κ3) is 1.74. The van der Waals surface area contributed by atoms with Crippen LogP contribution < -0.4 is 5.32 Å². The lowest BCUT2D eigenvalue weighted by molar-refractivity contribution is 0.0904. The summed E-state index contributed by atoms with van der Waals surface area (Å²) >= 11 is 0. The summed E-state index contributed by atoms with van der Waals surface area (Å²) in [5.74, 6) is 0.915. The van der Waals surface area contributed by atoms with E-state index in [9.17, 15) is 0 Å². The van der Waals surface area contributed by atoms with Crippen molar-refractivity contribution < 1.29 is 4.74 Å². The van der Waals surface area contributed by atoms with E-state index in [0.29, 0.717) is 6.04 Å². The summed E-state index contributed by atoms with van der Waals surface area (Å²) in [4.78, 5) is 11.5. The van der Waals surface area contributed by atoms with Crippen molar-refractivity contribution in [3.05, 3.63) is 18.6 Å². The van der Waals surface area contributed by atoms with Gasteiger partial charge in [0.1, 0.15) is 17.8 Å². The number of hydrogen-bond donors (Lipinski definition) is 2. The maximum Gasteiger partial charge on any atom is 0.142 e. The molecule has 0 saturated carbocycles. The topological polar surface area (TPSA) is 62.8 Å². The molecule has 2 N–H and O–H groups in total. The Kier molecular flexibility index (Phi) is 2.46. The molecule has 0 unspecified atom stereocenters. The molecule has 5 nitrogen and oxygen atoms in total. The first-order valence-corrected chi connectivity index (χ1v) is 5.56. The average Bonchev–Trinajstić information content (AvgIpc) is 2.80. The molecular formula is C11H14N4O. The number of ether oxygens (including phenoxy) is 1. The highest BCUT2D eigenvalue weighted by molar-refractivity contribution is 5.86. The zero-order chi connectivity index (χ0) is 10.8. The predicted molar refractivity (Wildman–Crippen MR) is 61.4 cm³/mol. The zero-order valence-corrected chi connectivity index (χ0v) is 8.94. The third-order valence-corrected chi connectivity index (χ3v) is 2.92. The van der Waals surface area contributed by atoms with Gasteiger partial charge in [0.25, 0.3) is 0 Å². The second kappa shape index (κ2) is 4.09. The lowest BCUT2D eigenvalue weighted by Gasteiger charge is -2.23. The number of H-pyrrole nitrogens is 1. The van der Waals surface area contributed by atoms with Crippen LogP contribution in [-0.4, -0.2) is 34.2 Å². The lowest BCUT2D eigenvalue weighted by Crippen LogP contribution is -2.28. The van der Waals surface area contributed by atoms with Crippen molar-refractivity contribution >= 4 is 16.9 Å². The van der Waals surface area contributed by atoms with Gasteiger partial charge >= 0.3 is 0 Å². The molecule has 0 atom stereocenters. The Labute approximate surface area is 93.2 Å². The van der Waals surface area contributed by atoms with Crippen LogP contribution in [0.15, 0.2) is 18.6 Å². The molecule has 0 aliphatic carbocycles. The highest BCUT2D eigenvalue weighted by Crippen LogP contribution is 2.20. The van der Waals surface area contributed by atoms with Crippen LogP contribution in [0.2, 0.25) is 0 Å². The molecule has 5 heteroatoms. The normalized spacial score (nSPS) is 17.8. The van der Waals surface area contributed by atoms with Crippen LogP contribution in [0.3, 0.4) is 0 Å². The van der Waals surface area contributed by atoms with Crippen LogP contribution in [0.4, 0.5) is 5.82 Å². The summed E-state index contributed by atoms with van der Waals surface area (Å²) in [5.41, 5.74) is 0.879. The van der Waals surface area contributed by atoms with Gasteiger partial charge in [-0.05, 0) is 18.9 Å². The Bertz CT molecular complexity index is 476. The summed E-state index contributed by atoms with van der Waals surface area (Å²) in [6, 6.07) is 2.46. The number of hydrogen-bond acceptors (Lipinski definition) is 4. The molecule has 2 aromatic heterocycles. The lowest BCUT2D eigenvalue weighted by atomic mass is 10.1. The van der Waals surface area contributed by atoms with Gasteiger partial charge in [0.05, 0.1) is 5.39 Å². The average molecular weight is 218 g/mol. The van der Waals surface area contributed by atoms with E-state index in [1.54, 1.807) is 6.33 Å². The van der Waals surface area contributed by atoms with Gasteiger partial charge in [-0.15, -0.1) is 0 Å². The second-order valence-electron chi connectivity index (χ2n) is 3.99. The highest BCUT2D eigenvalue weighted by atomic mass is 16.5. The SMILES string of the molecule is c1nc(NC2CCOCC2)c2cc[nH]c2n1. The number of nitrogens with zero attached hydrogens (tertiary/aromatic N) is 2. The van der Waals surface area contributed by atoms with Gasteiger partial charge in [0.15, 0.2) is 0 Å². The van der Waals surface area contributed by atoms with E-state index in [2.05, 4.69) is 20.3 Å². The molecule has 0 aromatic carbocycles. The minimum atomic E-state index is 0.460. The minimum absolute atomic E-state index is 0.460. The number of aromatic nitrogens is 3. The fourth-order valence-corrected chi connectivity index (χ4v) is 2.02. The molecule has 0 bridgehead atoms. The van der Waals surface area contributed by atoms with Crippen LogP contribution in [-0.2, 0) is 4.74 Å². The maximum absolute atomic E-state index is 5.33. The first-order valence-electron chi connectivity index (χ1n) is 5.56. The van der Waals surface area contributed by atoms with Gasteiger partial charge in [-0.1, -0.05) is 0 Å². The molecule has 0 radical (unpaired) electrons. The van der Waals surface area contributed by atoms with E-state index >= 15 is 0 Å². The van der Waals surface area contributed by atoms with Crippen LogP contribution in [0.5, 0.6) is 0 Å². The third-order valence-electron chi connectivity index (χ3n) is 2.92. The highest BCUT2D eigenvalue weighted by Gasteiger charge is 2.15. The maximum atomic E-state index is 5.33. The van der Waals surface area contributed by atoms with Crippen LogP contribution in [0.1, 0.15) is 12.8 Å². The molecule has 16 heavy (non-hydrogen) atoms. The van der Waals surface area contributed by atoms with E-state index < -0.39 is 0 Å². The summed E-state index contributed by atoms with van der Waals surface area (Å²) in [6.45, 7) is 1.66. The monoisotopic (exact) mass is 218 g/mol. The molecule has 2 aromatic rings. The minimum Gasteiger partial charge on any atom is -0.381 e. The van der Waals surface area contributed by atoms with E-state index in [-0.39, 0.29) is 0 Å². The Balaban J connectivity index is 1.85. The number of anilines is 1. The first kappa shape index (κ1) is 9.59. The molecule has 3 heterocycles. The van der Waals surface area contributed by atoms with Crippen molar-refractivity contribution in [1.29, 1.82) is 0 Å². The van der Waals surface area contributed by atoms with Crippen LogP contribution >= 0.6 is 0 Å². The second-order valence-corrected chi connectivity index (χ2v) is 3.99. The number of rotatable bonds is 2. The van der Waals surface area contributed by atoms with Crippen LogP contribution in [0, 0.1) is 0 Å². The van der Waals surface area contributed by atoms with Crippen molar-refractivity contribution in [2.75, 3.05) is 18.5 Å². The van der Waals surface area contributed by atoms with Gasteiger partial charge in [-0.3, -0.25) is 0 Å². The smallest absolute Gasteiger partial charge is 0.142 e. The van der Waals surface area contributed by atoms with Gasteiger partial charge < -0.3 is 15.0 Å². The summed E-state index contributed by atoms with van der Waals surface area (Å²) in [5, 5.41) is 4.51. The van der Waals surface area contributed by atoms with E-state index in [0.717, 1.165) is 42.9 Å². The predicted octanol–water partition coefficient (Wildman–Crippen LogP) is 1.55. The van der Waals surface area contributed by atoms with Crippen molar-refractivity contribution in [1.82, 2.24) is 15.0 Å². The van der Waals surface area contributed by atoms with E-state index in [4.69, 9.17) is 4.74 Å². The molecule has 1 aliphatic rings. The zero-order valence-electron chi connectivity index (χ0n) is 8.94. The van der Waals surface area contributed by atoms with E-state index in [1.165, 1.54) is 0 Å². The largest absolute Gasteiger partial charge is 0.381 e. The fraction of sp³-hybridized carbons (Fsp3) is 0.455. The number of nitrogens with one attached hydrogen (secondary N) is 2. The molecule has 1 saturated heterocycles. The fourth-order valence-electron chi connectivity index (χ4n) is 2.02. The van der Waals surface area contributed by atoms with Crippen molar-refractivity contribution in [3.8, 4) is 0 Å². The molecule has 0 amide bonds. The summed E-state index contributed by atoms with van der Waals surface area (Å²) < 4.78 is 5.33. The number of fused-ring (bicyclic) bond motifs is 1. The molecule has 3 rings (SSSR count). The summed E-state index contributed by atoms with van der Waals surface area (Å²) in [6.07, 6.45) is 5.54. The molecule has 1 aliphatic heterocycles. The Morgan fingerprint density at radius 2 is 2.19 bits per heavy atom. The molecule has 84 valence electrons. The van der Waals surface area contributed by atoms with Crippen molar-refractivity contribution in [2.45, 2.75) is 18.9 Å². The Morgan fingerprint density at radius 1 is 1.31 bits per heavy atom. The van der Waals surface area contributed by atoms with E-state index in [1.807, 2.05) is 12.3 Å². The molecule has 0 spiro atoms. The quantitative estimate of drug-likeness (QED) is 0.802. The van der Waals surface area contributed by atoms with Gasteiger partial charge in [-0.2, -0.15) is 0 Å². The van der Waals surface area contributed by atoms with Gasteiger partial charge in [0.2, 0.25) is 0 Å². The summed E-state index contributed by atoms with van der Waals surface area (Å²) in [7, 11) is 0. The van der Waals surface area contributed by atoms with Crippen molar-refractivity contribution in [3.63, 3.8) is 0 Å². The molecular weight excluding hydrogens is 204 g/mol. The number of aromatic amines is 1. The first-order chi connectivity index (χ1) is 7.93. The molecule has 1 fully saturated rings. The van der Waals surface area contributed by atoms with Crippen molar-refractivity contribution in [2.24, 2.45) is 0 Å². The Morgan fingerprint density at radius 3 is 3.06 bits per heavy atom. The van der Waals surface area contributed by atoms with Crippen LogP contribution in [0.25, 0.3) is 11.0 Å². The standard InChI is InChI=1S/C11H14N4O/c1-4-12-10-9(1)11(14-7-13-10)15-8-2-5-16-6-3-8/h1,4,7-8H,2-3,5-6H2,(H2,12,13,14,15). The van der Waals surface area contributed by atoms with Gasteiger partial charge in [0, 0.05) is 25.5 Å².